The van der Waals surface area contributed by atoms with E-state index >= 15 is 0 Å². The molecule has 1 saturated heterocycles. The SMILES string of the molecule is NC1=NC(O)N([C@@H]2O[C@H](C=O)C/C2=C\F)C=C1. The highest BCUT2D eigenvalue weighted by Crippen LogP contribution is 2.29. The Morgan fingerprint density at radius 1 is 1.71 bits per heavy atom. The molecule has 0 radical (unpaired) electrons. The van der Waals surface area contributed by atoms with Crippen molar-refractivity contribution in [3.8, 4) is 0 Å². The van der Waals surface area contributed by atoms with Crippen molar-refractivity contribution in [3.05, 3.63) is 24.2 Å². The Morgan fingerprint density at radius 3 is 3.06 bits per heavy atom. The van der Waals surface area contributed by atoms with Crippen molar-refractivity contribution in [3.63, 3.8) is 0 Å². The van der Waals surface area contributed by atoms with Gasteiger partial charge in [-0.2, -0.15) is 0 Å². The van der Waals surface area contributed by atoms with E-state index in [1.165, 1.54) is 17.2 Å². The number of aliphatic hydroxyl groups is 1. The van der Waals surface area contributed by atoms with Gasteiger partial charge >= 0.3 is 0 Å². The lowest BCUT2D eigenvalue weighted by Crippen LogP contribution is -2.42. The number of halogens is 1. The fourth-order valence-electron chi connectivity index (χ4n) is 1.76. The van der Waals surface area contributed by atoms with Crippen molar-refractivity contribution < 1.29 is 19.0 Å². The molecule has 3 N–H and O–H groups in total. The first-order valence-corrected chi connectivity index (χ1v) is 5.02. The first-order chi connectivity index (χ1) is 8.15. The molecule has 17 heavy (non-hydrogen) atoms. The van der Waals surface area contributed by atoms with E-state index in [-0.39, 0.29) is 17.8 Å². The summed E-state index contributed by atoms with van der Waals surface area (Å²) < 4.78 is 18.0. The molecule has 1 unspecified atom stereocenters. The monoisotopic (exact) mass is 241 g/mol. The lowest BCUT2D eigenvalue weighted by molar-refractivity contribution is -0.126. The number of ether oxygens (including phenoxy) is 1. The minimum Gasteiger partial charge on any atom is -0.384 e. The van der Waals surface area contributed by atoms with Gasteiger partial charge < -0.3 is 25.3 Å². The van der Waals surface area contributed by atoms with Gasteiger partial charge in [0.15, 0.2) is 6.23 Å². The van der Waals surface area contributed by atoms with Crippen LogP contribution in [0, 0.1) is 0 Å². The standard InChI is InChI=1S/C10H12FN3O3/c11-4-6-3-7(5-15)17-9(6)14-2-1-8(12)13-10(14)16/h1-2,4-5,7,9-10,16H,3H2,(H2,12,13)/b6-4+/t7-,9+,10?/m0/s1. The number of aldehydes is 1. The summed E-state index contributed by atoms with van der Waals surface area (Å²) in [5, 5.41) is 9.66. The van der Waals surface area contributed by atoms with Crippen LogP contribution in [0.5, 0.6) is 0 Å². The van der Waals surface area contributed by atoms with Crippen molar-refractivity contribution in [1.82, 2.24) is 4.90 Å². The fourth-order valence-corrected chi connectivity index (χ4v) is 1.76. The van der Waals surface area contributed by atoms with E-state index in [0.29, 0.717) is 12.6 Å². The van der Waals surface area contributed by atoms with Gasteiger partial charge in [-0.25, -0.2) is 9.38 Å². The molecule has 0 aromatic rings. The number of amidine groups is 1. The molecule has 2 aliphatic rings. The molecule has 2 heterocycles. The molecule has 2 aliphatic heterocycles. The number of carbonyl (C=O) groups is 1. The topological polar surface area (TPSA) is 88.2 Å². The number of hydrogen-bond acceptors (Lipinski definition) is 6. The molecule has 0 amide bonds. The van der Waals surface area contributed by atoms with Crippen LogP contribution < -0.4 is 5.73 Å². The van der Waals surface area contributed by atoms with Crippen LogP contribution in [-0.4, -0.2) is 40.8 Å². The van der Waals surface area contributed by atoms with E-state index in [1.807, 2.05) is 0 Å². The minimum atomic E-state index is -1.25. The van der Waals surface area contributed by atoms with Gasteiger partial charge in [-0.1, -0.05) is 0 Å². The fraction of sp³-hybridized carbons (Fsp3) is 0.400. The number of aliphatic imine (C=N–C) groups is 1. The van der Waals surface area contributed by atoms with Crippen molar-refractivity contribution in [2.45, 2.75) is 25.1 Å². The van der Waals surface area contributed by atoms with Gasteiger partial charge in [0.05, 0.1) is 6.33 Å². The predicted molar refractivity (Wildman–Crippen MR) is 57.1 cm³/mol. The van der Waals surface area contributed by atoms with Gasteiger partial charge in [0.25, 0.3) is 0 Å². The Labute approximate surface area is 96.9 Å². The summed E-state index contributed by atoms with van der Waals surface area (Å²) >= 11 is 0. The van der Waals surface area contributed by atoms with Crippen LogP contribution in [0.15, 0.2) is 29.2 Å². The van der Waals surface area contributed by atoms with E-state index < -0.39 is 18.7 Å². The van der Waals surface area contributed by atoms with Gasteiger partial charge in [0, 0.05) is 18.2 Å². The Hall–Kier alpha value is -1.73. The van der Waals surface area contributed by atoms with Crippen LogP contribution >= 0.6 is 0 Å². The van der Waals surface area contributed by atoms with Gasteiger partial charge in [-0.3, -0.25) is 0 Å². The third-order valence-electron chi connectivity index (χ3n) is 2.57. The summed E-state index contributed by atoms with van der Waals surface area (Å²) in [5.41, 5.74) is 5.68. The van der Waals surface area contributed by atoms with E-state index in [1.54, 1.807) is 0 Å². The highest BCUT2D eigenvalue weighted by Gasteiger charge is 2.36. The molecule has 7 heteroatoms. The van der Waals surface area contributed by atoms with Crippen LogP contribution in [0.1, 0.15) is 6.42 Å². The molecule has 2 rings (SSSR count). The molecule has 0 saturated carbocycles. The Kier molecular flexibility index (Phi) is 3.21. The molecule has 3 atom stereocenters. The van der Waals surface area contributed by atoms with Gasteiger partial charge in [-0.15, -0.1) is 0 Å². The average Bonchev–Trinajstić information content (AvgIpc) is 2.72. The molecule has 92 valence electrons. The van der Waals surface area contributed by atoms with E-state index in [0.717, 1.165) is 0 Å². The van der Waals surface area contributed by atoms with E-state index in [4.69, 9.17) is 10.5 Å². The van der Waals surface area contributed by atoms with Crippen LogP contribution in [0.4, 0.5) is 4.39 Å². The summed E-state index contributed by atoms with van der Waals surface area (Å²) in [6, 6.07) is 0. The molecule has 0 bridgehead atoms. The highest BCUT2D eigenvalue weighted by molar-refractivity contribution is 5.91. The molecule has 6 nitrogen and oxygen atoms in total. The first-order valence-electron chi connectivity index (χ1n) is 5.02. The Bertz CT molecular complexity index is 408. The summed E-state index contributed by atoms with van der Waals surface area (Å²) in [6.45, 7) is 0. The number of nitrogens with zero attached hydrogens (tertiary/aromatic N) is 2. The molecule has 0 aromatic carbocycles. The second kappa shape index (κ2) is 4.64. The molecular formula is C10H12FN3O3. The van der Waals surface area contributed by atoms with E-state index in [2.05, 4.69) is 4.99 Å². The lowest BCUT2D eigenvalue weighted by atomic mass is 10.1. The van der Waals surface area contributed by atoms with Crippen LogP contribution in [0.3, 0.4) is 0 Å². The second-order valence-corrected chi connectivity index (χ2v) is 3.71. The zero-order chi connectivity index (χ0) is 12.4. The van der Waals surface area contributed by atoms with Gasteiger partial charge in [0.2, 0.25) is 6.35 Å². The summed E-state index contributed by atoms with van der Waals surface area (Å²) in [6.07, 6.45) is 1.28. The number of carbonyl (C=O) groups excluding carboxylic acids is 1. The second-order valence-electron chi connectivity index (χ2n) is 3.71. The first kappa shape index (κ1) is 11.7. The molecular weight excluding hydrogens is 229 g/mol. The number of rotatable bonds is 2. The van der Waals surface area contributed by atoms with Crippen molar-refractivity contribution in [2.24, 2.45) is 10.7 Å². The van der Waals surface area contributed by atoms with Crippen molar-refractivity contribution >= 4 is 12.1 Å². The highest BCUT2D eigenvalue weighted by atomic mass is 19.1. The molecule has 0 spiro atoms. The van der Waals surface area contributed by atoms with Crippen molar-refractivity contribution in [1.29, 1.82) is 0 Å². The lowest BCUT2D eigenvalue weighted by Gasteiger charge is -2.31. The van der Waals surface area contributed by atoms with Gasteiger partial charge in [0.1, 0.15) is 18.2 Å². The zero-order valence-corrected chi connectivity index (χ0v) is 8.86. The smallest absolute Gasteiger partial charge is 0.229 e. The van der Waals surface area contributed by atoms with Crippen LogP contribution in [-0.2, 0) is 9.53 Å². The summed E-state index contributed by atoms with van der Waals surface area (Å²) in [5.74, 6) is 0.171. The Balaban J connectivity index is 2.18. The summed E-state index contributed by atoms with van der Waals surface area (Å²) in [4.78, 5) is 15.6. The number of aliphatic hydroxyl groups excluding tert-OH is 1. The summed E-state index contributed by atoms with van der Waals surface area (Å²) in [7, 11) is 0. The molecule has 0 aromatic heterocycles. The molecule has 1 fully saturated rings. The third kappa shape index (κ3) is 2.20. The predicted octanol–water partition coefficient (Wildman–Crippen LogP) is -0.384. The number of hydrogen-bond donors (Lipinski definition) is 2. The largest absolute Gasteiger partial charge is 0.384 e. The van der Waals surface area contributed by atoms with Crippen molar-refractivity contribution in [2.75, 3.05) is 0 Å². The minimum absolute atomic E-state index is 0.168. The van der Waals surface area contributed by atoms with Crippen LogP contribution in [0.25, 0.3) is 0 Å². The molecule has 0 aliphatic carbocycles. The van der Waals surface area contributed by atoms with Gasteiger partial charge in [-0.05, 0) is 6.08 Å². The van der Waals surface area contributed by atoms with Crippen LogP contribution in [0.2, 0.25) is 0 Å². The third-order valence-corrected chi connectivity index (χ3v) is 2.57. The van der Waals surface area contributed by atoms with E-state index in [9.17, 15) is 14.3 Å². The quantitative estimate of drug-likeness (QED) is 0.643. The zero-order valence-electron chi connectivity index (χ0n) is 8.86. The maximum atomic E-state index is 12.7. The number of nitrogens with two attached hydrogens (primary N) is 1. The maximum absolute atomic E-state index is 12.7. The Morgan fingerprint density at radius 2 is 2.47 bits per heavy atom. The maximum Gasteiger partial charge on any atom is 0.229 e. The average molecular weight is 241 g/mol. The normalized spacial score (nSPS) is 35.2.